The summed E-state index contributed by atoms with van der Waals surface area (Å²) in [5, 5.41) is 11.6. The Morgan fingerprint density at radius 1 is 0.844 bits per heavy atom. The Morgan fingerprint density at radius 3 is 1.97 bits per heavy atom. The SMILES string of the molecule is CCCCCCCCCCCCCc1cccc(S(=O)(=O)O)c1Oc1cccc([O-])c1.[K+]. The normalized spacial score (nSPS) is 11.2. The third kappa shape index (κ3) is 11.1. The average molecular weight is 487 g/mol. The fraction of sp³-hybridized carbons (Fsp3) is 0.520. The van der Waals surface area contributed by atoms with Crippen LogP contribution in [-0.4, -0.2) is 13.0 Å². The van der Waals surface area contributed by atoms with Gasteiger partial charge < -0.3 is 9.84 Å². The topological polar surface area (TPSA) is 86.7 Å². The molecule has 0 aliphatic heterocycles. The Balaban J connectivity index is 0.00000512. The van der Waals surface area contributed by atoms with E-state index < -0.39 is 10.1 Å². The van der Waals surface area contributed by atoms with E-state index in [0.717, 1.165) is 19.3 Å². The third-order valence-corrected chi connectivity index (χ3v) is 6.29. The van der Waals surface area contributed by atoms with E-state index in [1.807, 2.05) is 0 Å². The number of benzene rings is 2. The summed E-state index contributed by atoms with van der Waals surface area (Å²) in [6.45, 7) is 2.23. The Bertz CT molecular complexity index is 899. The zero-order valence-corrected chi connectivity index (χ0v) is 23.5. The first kappa shape index (κ1) is 29.6. The number of ether oxygens (including phenoxy) is 1. The van der Waals surface area contributed by atoms with Crippen molar-refractivity contribution in [2.75, 3.05) is 0 Å². The number of hydrogen-bond acceptors (Lipinski definition) is 4. The summed E-state index contributed by atoms with van der Waals surface area (Å²) >= 11 is 0. The Kier molecular flexibility index (Phi) is 15.0. The molecular weight excluding hydrogens is 451 g/mol. The van der Waals surface area contributed by atoms with Crippen LogP contribution >= 0.6 is 0 Å². The largest absolute Gasteiger partial charge is 1.00 e. The minimum absolute atomic E-state index is 0. The van der Waals surface area contributed by atoms with Crippen LogP contribution in [0.25, 0.3) is 0 Å². The molecule has 2 aromatic rings. The van der Waals surface area contributed by atoms with Crippen LogP contribution in [0.5, 0.6) is 17.2 Å². The minimum Gasteiger partial charge on any atom is -0.872 e. The van der Waals surface area contributed by atoms with Crippen molar-refractivity contribution < 1.29 is 74.2 Å². The van der Waals surface area contributed by atoms with Gasteiger partial charge in [0.2, 0.25) is 0 Å². The van der Waals surface area contributed by atoms with Crippen molar-refractivity contribution in [1.29, 1.82) is 0 Å². The number of hydrogen-bond donors (Lipinski definition) is 1. The molecule has 0 spiro atoms. The predicted molar refractivity (Wildman–Crippen MR) is 122 cm³/mol. The van der Waals surface area contributed by atoms with Gasteiger partial charge in [0.15, 0.2) is 5.75 Å². The monoisotopic (exact) mass is 486 g/mol. The van der Waals surface area contributed by atoms with E-state index in [9.17, 15) is 18.1 Å². The Hall–Kier alpha value is -0.414. The van der Waals surface area contributed by atoms with Gasteiger partial charge in [-0.05, 0) is 36.6 Å². The molecule has 0 aliphatic carbocycles. The summed E-state index contributed by atoms with van der Waals surface area (Å²) in [6, 6.07) is 10.6. The fourth-order valence-electron chi connectivity index (χ4n) is 3.71. The fourth-order valence-corrected chi connectivity index (χ4v) is 4.37. The van der Waals surface area contributed by atoms with Crippen molar-refractivity contribution in [3.05, 3.63) is 48.0 Å². The average Bonchev–Trinajstić information content (AvgIpc) is 2.72. The first-order valence-electron chi connectivity index (χ1n) is 11.5. The number of aryl methyl sites for hydroxylation is 1. The van der Waals surface area contributed by atoms with Crippen molar-refractivity contribution >= 4 is 10.1 Å². The smallest absolute Gasteiger partial charge is 0.872 e. The molecule has 32 heavy (non-hydrogen) atoms. The molecule has 1 N–H and O–H groups in total. The zero-order valence-electron chi connectivity index (χ0n) is 19.5. The molecule has 0 saturated carbocycles. The number of unbranched alkanes of at least 4 members (excludes halogenated alkanes) is 10. The summed E-state index contributed by atoms with van der Waals surface area (Å²) in [4.78, 5) is -0.274. The van der Waals surface area contributed by atoms with Gasteiger partial charge in [-0.2, -0.15) is 8.42 Å². The first-order chi connectivity index (χ1) is 14.9. The quantitative estimate of drug-likeness (QED) is 0.236. The van der Waals surface area contributed by atoms with Gasteiger partial charge in [0.05, 0.1) is 0 Å². The van der Waals surface area contributed by atoms with Crippen LogP contribution in [0.1, 0.15) is 83.1 Å². The molecule has 0 radical (unpaired) electrons. The van der Waals surface area contributed by atoms with Crippen molar-refractivity contribution in [3.63, 3.8) is 0 Å². The Labute approximate surface area is 236 Å². The van der Waals surface area contributed by atoms with Gasteiger partial charge in [-0.1, -0.05) is 95.4 Å². The van der Waals surface area contributed by atoms with Gasteiger partial charge in [-0.25, -0.2) is 0 Å². The van der Waals surface area contributed by atoms with Gasteiger partial charge in [0.25, 0.3) is 10.1 Å². The van der Waals surface area contributed by atoms with E-state index in [1.165, 1.54) is 69.6 Å². The van der Waals surface area contributed by atoms with Crippen LogP contribution in [0.3, 0.4) is 0 Å². The molecular formula is C25H35KO5S. The van der Waals surface area contributed by atoms with Gasteiger partial charge >= 0.3 is 51.4 Å². The van der Waals surface area contributed by atoms with Gasteiger partial charge in [0, 0.05) is 0 Å². The zero-order chi connectivity index (χ0) is 22.5. The van der Waals surface area contributed by atoms with Crippen molar-refractivity contribution in [2.45, 2.75) is 88.9 Å². The van der Waals surface area contributed by atoms with Gasteiger partial charge in [0.1, 0.15) is 10.6 Å². The summed E-state index contributed by atoms with van der Waals surface area (Å²) < 4.78 is 39.0. The summed E-state index contributed by atoms with van der Waals surface area (Å²) in [5.41, 5.74) is 0.711. The number of rotatable bonds is 15. The molecule has 0 aromatic heterocycles. The van der Waals surface area contributed by atoms with E-state index in [1.54, 1.807) is 24.3 Å². The number of para-hydroxylation sites is 1. The summed E-state index contributed by atoms with van der Waals surface area (Å²) in [5.74, 6) is 0.125. The van der Waals surface area contributed by atoms with E-state index in [0.29, 0.717) is 12.0 Å². The maximum atomic E-state index is 11.8. The van der Waals surface area contributed by atoms with E-state index in [-0.39, 0.29) is 73.5 Å². The van der Waals surface area contributed by atoms with Gasteiger partial charge in [-0.15, -0.1) is 5.75 Å². The maximum Gasteiger partial charge on any atom is 1.00 e. The van der Waals surface area contributed by atoms with Crippen LogP contribution in [0.4, 0.5) is 0 Å². The van der Waals surface area contributed by atoms with Crippen molar-refractivity contribution in [1.82, 2.24) is 0 Å². The van der Waals surface area contributed by atoms with Crippen LogP contribution in [-0.2, 0) is 16.5 Å². The molecule has 0 heterocycles. The third-order valence-electron chi connectivity index (χ3n) is 5.41. The first-order valence-corrected chi connectivity index (χ1v) is 12.9. The van der Waals surface area contributed by atoms with Crippen LogP contribution in [0.15, 0.2) is 47.4 Å². The summed E-state index contributed by atoms with van der Waals surface area (Å²) in [6.07, 6.45) is 14.2. The Morgan fingerprint density at radius 2 is 1.41 bits per heavy atom. The van der Waals surface area contributed by atoms with Gasteiger partial charge in [-0.3, -0.25) is 4.55 Å². The summed E-state index contributed by atoms with van der Waals surface area (Å²) in [7, 11) is -4.44. The molecule has 2 rings (SSSR count). The van der Waals surface area contributed by atoms with E-state index in [4.69, 9.17) is 4.74 Å². The van der Waals surface area contributed by atoms with Crippen molar-refractivity contribution in [2.24, 2.45) is 0 Å². The molecule has 0 saturated heterocycles. The standard InChI is InChI=1S/C25H36O5S.K/c1-2-3-4-5-6-7-8-9-10-11-12-15-21-16-13-19-24(31(27,28)29)25(21)30-23-18-14-17-22(26)20-23;/h13-14,16-20,26H,2-12,15H2,1H3,(H,27,28,29);/q;+1/p-1. The molecule has 0 amide bonds. The molecule has 0 fully saturated rings. The molecule has 5 nitrogen and oxygen atoms in total. The molecule has 0 bridgehead atoms. The van der Waals surface area contributed by atoms with Crippen LogP contribution in [0.2, 0.25) is 0 Å². The van der Waals surface area contributed by atoms with Crippen molar-refractivity contribution in [3.8, 4) is 17.2 Å². The van der Waals surface area contributed by atoms with Crippen LogP contribution < -0.4 is 61.2 Å². The molecule has 172 valence electrons. The van der Waals surface area contributed by atoms with E-state index in [2.05, 4.69) is 6.92 Å². The molecule has 7 heteroatoms. The second-order valence-corrected chi connectivity index (χ2v) is 9.47. The second kappa shape index (κ2) is 16.3. The second-order valence-electron chi connectivity index (χ2n) is 8.08. The maximum absolute atomic E-state index is 11.8. The van der Waals surface area contributed by atoms with Crippen LogP contribution in [0, 0.1) is 0 Å². The van der Waals surface area contributed by atoms with E-state index >= 15 is 0 Å². The predicted octanol–water partition coefficient (Wildman–Crippen LogP) is 3.66. The molecule has 0 aliphatic rings. The minimum atomic E-state index is -4.44. The molecule has 0 atom stereocenters. The molecule has 2 aromatic carbocycles. The molecule has 0 unspecified atom stereocenters.